The molecule has 0 aromatic carbocycles. The molecule has 440 valence electrons. The van der Waals surface area contributed by atoms with Crippen LogP contribution in [0, 0.1) is 0 Å². The summed E-state index contributed by atoms with van der Waals surface area (Å²) in [6, 6.07) is 0. The van der Waals surface area contributed by atoms with Crippen LogP contribution < -0.4 is 0 Å². The highest BCUT2D eigenvalue weighted by atomic mass is 16.6. The predicted molar refractivity (Wildman–Crippen MR) is 330 cm³/mol. The monoisotopic (exact) mass is 1060 g/mol. The van der Waals surface area contributed by atoms with Gasteiger partial charge in [-0.3, -0.25) is 14.4 Å². The molecule has 1 unspecified atom stereocenters. The molecular weight excluding hydrogens is 937 g/mol. The first-order valence-electron chi connectivity index (χ1n) is 32.9. The molecule has 0 aliphatic heterocycles. The Balaban J connectivity index is 4.07. The number of esters is 3. The smallest absolute Gasteiger partial charge is 0.306 e. The summed E-state index contributed by atoms with van der Waals surface area (Å²) in [4.78, 5) is 38.2. The van der Waals surface area contributed by atoms with Crippen LogP contribution in [0.25, 0.3) is 0 Å². The van der Waals surface area contributed by atoms with E-state index in [4.69, 9.17) is 14.2 Å². The van der Waals surface area contributed by atoms with Gasteiger partial charge in [0.1, 0.15) is 13.2 Å². The molecule has 1 atom stereocenters. The first-order valence-corrected chi connectivity index (χ1v) is 32.9. The number of hydrogen-bond acceptors (Lipinski definition) is 6. The van der Waals surface area contributed by atoms with Crippen molar-refractivity contribution >= 4 is 17.9 Å². The van der Waals surface area contributed by atoms with E-state index in [1.165, 1.54) is 193 Å². The minimum absolute atomic E-state index is 0.0725. The summed E-state index contributed by atoms with van der Waals surface area (Å²) in [5, 5.41) is 0. The van der Waals surface area contributed by atoms with E-state index in [-0.39, 0.29) is 31.1 Å². The van der Waals surface area contributed by atoms with Crippen molar-refractivity contribution in [1.82, 2.24) is 0 Å². The minimum atomic E-state index is -0.774. The largest absolute Gasteiger partial charge is 0.462 e. The lowest BCUT2D eigenvalue weighted by Crippen LogP contribution is -2.30. The molecule has 0 aliphatic rings. The summed E-state index contributed by atoms with van der Waals surface area (Å²) < 4.78 is 16.9. The summed E-state index contributed by atoms with van der Waals surface area (Å²) in [5.41, 5.74) is 0. The number of carbonyl (C=O) groups excluding carboxylic acids is 3. The fourth-order valence-corrected chi connectivity index (χ4v) is 9.53. The third-order valence-electron chi connectivity index (χ3n) is 14.4. The third kappa shape index (κ3) is 61.7. The fraction of sp³-hybridized carbons (Fsp3) is 0.786. The summed E-state index contributed by atoms with van der Waals surface area (Å²) >= 11 is 0. The van der Waals surface area contributed by atoms with Crippen LogP contribution in [0.1, 0.15) is 335 Å². The molecule has 76 heavy (non-hydrogen) atoms. The van der Waals surface area contributed by atoms with Gasteiger partial charge >= 0.3 is 17.9 Å². The Bertz CT molecular complexity index is 1400. The van der Waals surface area contributed by atoms with Crippen LogP contribution in [0.15, 0.2) is 72.9 Å². The lowest BCUT2D eigenvalue weighted by molar-refractivity contribution is -0.167. The fourth-order valence-electron chi connectivity index (χ4n) is 9.53. The third-order valence-corrected chi connectivity index (χ3v) is 14.4. The van der Waals surface area contributed by atoms with E-state index in [0.29, 0.717) is 19.3 Å². The molecule has 0 bridgehead atoms. The van der Waals surface area contributed by atoms with E-state index in [0.717, 1.165) is 103 Å². The highest BCUT2D eigenvalue weighted by Crippen LogP contribution is 2.17. The lowest BCUT2D eigenvalue weighted by Gasteiger charge is -2.18. The zero-order valence-electron chi connectivity index (χ0n) is 50.5. The van der Waals surface area contributed by atoms with Gasteiger partial charge < -0.3 is 14.2 Å². The quantitative estimate of drug-likeness (QED) is 0.0261. The molecule has 0 saturated carbocycles. The molecule has 0 amide bonds. The zero-order chi connectivity index (χ0) is 55.0. The summed E-state index contributed by atoms with van der Waals surface area (Å²) in [6.07, 6.45) is 83.6. The van der Waals surface area contributed by atoms with Gasteiger partial charge in [0, 0.05) is 19.3 Å². The predicted octanol–water partition coefficient (Wildman–Crippen LogP) is 22.5. The Hall–Kier alpha value is -3.15. The summed E-state index contributed by atoms with van der Waals surface area (Å²) in [5.74, 6) is -0.866. The van der Waals surface area contributed by atoms with Crippen molar-refractivity contribution in [3.63, 3.8) is 0 Å². The molecular formula is C70H124O6. The standard InChI is InChI=1S/C70H124O6/c1-4-7-10-13-16-19-22-24-26-27-28-29-30-31-32-33-34-35-36-37-38-39-40-41-42-43-45-46-48-51-54-57-60-63-69(72)75-66-67(65-74-68(71)62-59-56-53-50-21-18-15-12-9-6-3)76-70(73)64-61-58-55-52-49-47-44-25-23-20-17-14-11-8-5-2/h7,10,12,15-16,19,24,26,28-29,31-32,67H,4-6,8-9,11,13-14,17-18,20-23,25,27,30,33-66H2,1-3H3/b10-7-,15-12-,19-16-,26-24-,29-28-,32-31-. The van der Waals surface area contributed by atoms with Crippen LogP contribution in [0.2, 0.25) is 0 Å². The summed E-state index contributed by atoms with van der Waals surface area (Å²) in [7, 11) is 0. The Labute approximate surface area is 472 Å². The number of unbranched alkanes of at least 4 members (excludes halogenated alkanes) is 37. The van der Waals surface area contributed by atoms with Crippen molar-refractivity contribution < 1.29 is 28.6 Å². The second kappa shape index (κ2) is 64.4. The maximum atomic E-state index is 12.9. The van der Waals surface area contributed by atoms with Crippen molar-refractivity contribution in [2.24, 2.45) is 0 Å². The van der Waals surface area contributed by atoms with Crippen LogP contribution >= 0.6 is 0 Å². The highest BCUT2D eigenvalue weighted by molar-refractivity contribution is 5.71. The average Bonchev–Trinajstić information content (AvgIpc) is 3.42. The molecule has 0 aromatic rings. The molecule has 6 nitrogen and oxygen atoms in total. The van der Waals surface area contributed by atoms with Gasteiger partial charge in [0.2, 0.25) is 0 Å². The molecule has 0 rings (SSSR count). The molecule has 0 N–H and O–H groups in total. The van der Waals surface area contributed by atoms with Gasteiger partial charge in [-0.15, -0.1) is 0 Å². The molecule has 0 radical (unpaired) electrons. The van der Waals surface area contributed by atoms with Crippen LogP contribution in [0.3, 0.4) is 0 Å². The van der Waals surface area contributed by atoms with E-state index in [2.05, 4.69) is 93.7 Å². The van der Waals surface area contributed by atoms with Crippen LogP contribution in [-0.2, 0) is 28.6 Å². The molecule has 0 aromatic heterocycles. The number of hydrogen-bond donors (Lipinski definition) is 0. The van der Waals surface area contributed by atoms with Crippen molar-refractivity contribution in [3.05, 3.63) is 72.9 Å². The van der Waals surface area contributed by atoms with Gasteiger partial charge in [-0.1, -0.05) is 306 Å². The maximum Gasteiger partial charge on any atom is 0.306 e. The molecule has 0 spiro atoms. The Morgan fingerprint density at radius 3 is 0.868 bits per heavy atom. The number of carbonyl (C=O) groups is 3. The van der Waals surface area contributed by atoms with Crippen LogP contribution in [0.4, 0.5) is 0 Å². The number of rotatable bonds is 60. The van der Waals surface area contributed by atoms with Crippen LogP contribution in [0.5, 0.6) is 0 Å². The molecule has 6 heteroatoms. The van der Waals surface area contributed by atoms with E-state index in [1.54, 1.807) is 0 Å². The average molecular weight is 1060 g/mol. The van der Waals surface area contributed by atoms with Gasteiger partial charge in [-0.05, 0) is 83.5 Å². The number of allylic oxidation sites excluding steroid dienone is 12. The van der Waals surface area contributed by atoms with E-state index >= 15 is 0 Å². The van der Waals surface area contributed by atoms with Crippen molar-refractivity contribution in [1.29, 1.82) is 0 Å². The van der Waals surface area contributed by atoms with E-state index in [1.807, 2.05) is 0 Å². The van der Waals surface area contributed by atoms with Gasteiger partial charge in [-0.2, -0.15) is 0 Å². The molecule has 0 fully saturated rings. The second-order valence-electron chi connectivity index (χ2n) is 22.0. The Morgan fingerprint density at radius 2 is 0.539 bits per heavy atom. The van der Waals surface area contributed by atoms with Crippen molar-refractivity contribution in [2.75, 3.05) is 13.2 Å². The van der Waals surface area contributed by atoms with Crippen molar-refractivity contribution in [2.45, 2.75) is 341 Å². The van der Waals surface area contributed by atoms with Gasteiger partial charge in [0.05, 0.1) is 0 Å². The van der Waals surface area contributed by atoms with Gasteiger partial charge in [0.25, 0.3) is 0 Å². The first kappa shape index (κ1) is 72.8. The molecule has 0 heterocycles. The minimum Gasteiger partial charge on any atom is -0.462 e. The molecule has 0 saturated heterocycles. The van der Waals surface area contributed by atoms with Crippen LogP contribution in [-0.4, -0.2) is 37.2 Å². The second-order valence-corrected chi connectivity index (χ2v) is 22.0. The maximum absolute atomic E-state index is 12.9. The summed E-state index contributed by atoms with van der Waals surface area (Å²) in [6.45, 7) is 6.50. The number of ether oxygens (including phenoxy) is 3. The van der Waals surface area contributed by atoms with Crippen molar-refractivity contribution in [3.8, 4) is 0 Å². The van der Waals surface area contributed by atoms with Gasteiger partial charge in [0.15, 0.2) is 6.10 Å². The Kier molecular flexibility index (Phi) is 61.7. The Morgan fingerprint density at radius 1 is 0.276 bits per heavy atom. The normalized spacial score (nSPS) is 12.5. The SMILES string of the molecule is CC/C=C\C/C=C\C/C=C\C/C=C\C/C=C\CCCCCCCCCCCCCCCCCCCC(=O)OCC(COC(=O)CCCCCCC/C=C\CCC)OC(=O)CCCCCCCCCCCCCCCCC. The van der Waals surface area contributed by atoms with E-state index in [9.17, 15) is 14.4 Å². The topological polar surface area (TPSA) is 78.9 Å². The highest BCUT2D eigenvalue weighted by Gasteiger charge is 2.19. The molecule has 0 aliphatic carbocycles. The van der Waals surface area contributed by atoms with E-state index < -0.39 is 6.10 Å². The lowest BCUT2D eigenvalue weighted by atomic mass is 10.0. The zero-order valence-corrected chi connectivity index (χ0v) is 50.5. The van der Waals surface area contributed by atoms with Gasteiger partial charge in [-0.25, -0.2) is 0 Å². The first-order chi connectivity index (χ1) is 37.5.